The van der Waals surface area contributed by atoms with Gasteiger partial charge in [0.15, 0.2) is 0 Å². The van der Waals surface area contributed by atoms with E-state index in [0.717, 1.165) is 18.8 Å². The Bertz CT molecular complexity index is 366. The van der Waals surface area contributed by atoms with Crippen molar-refractivity contribution in [2.45, 2.75) is 0 Å². The zero-order valence-electron chi connectivity index (χ0n) is 9.88. The molecule has 1 aromatic carbocycles. The lowest BCUT2D eigenvalue weighted by atomic mass is 10.2. The van der Waals surface area contributed by atoms with E-state index in [1.807, 2.05) is 32.1 Å². The summed E-state index contributed by atoms with van der Waals surface area (Å²) >= 11 is 0. The molecular formula is C11H17N3O2. The number of hydrogen-bond donors (Lipinski definition) is 0. The number of nitro benzene ring substituents is 1. The van der Waals surface area contributed by atoms with Gasteiger partial charge in [-0.1, -0.05) is 6.07 Å². The largest absolute Gasteiger partial charge is 0.373 e. The Kier molecular flexibility index (Phi) is 4.25. The van der Waals surface area contributed by atoms with Gasteiger partial charge in [0.25, 0.3) is 5.69 Å². The minimum atomic E-state index is -0.372. The van der Waals surface area contributed by atoms with E-state index in [4.69, 9.17) is 0 Å². The minimum absolute atomic E-state index is 0.134. The van der Waals surface area contributed by atoms with Crippen LogP contribution in [0.2, 0.25) is 0 Å². The molecule has 1 aromatic rings. The fraction of sp³-hybridized carbons (Fsp3) is 0.455. The van der Waals surface area contributed by atoms with Gasteiger partial charge in [0.05, 0.1) is 4.92 Å². The number of likely N-dealkylation sites (N-methyl/N-ethyl adjacent to an activating group) is 2. The maximum Gasteiger partial charge on any atom is 0.271 e. The average Bonchev–Trinajstić information content (AvgIpc) is 2.26. The van der Waals surface area contributed by atoms with Crippen molar-refractivity contribution in [1.29, 1.82) is 0 Å². The monoisotopic (exact) mass is 223 g/mol. The second kappa shape index (κ2) is 5.46. The van der Waals surface area contributed by atoms with Gasteiger partial charge in [-0.05, 0) is 20.2 Å². The second-order valence-corrected chi connectivity index (χ2v) is 4.00. The van der Waals surface area contributed by atoms with Crippen LogP contribution >= 0.6 is 0 Å². The molecule has 0 saturated carbocycles. The number of rotatable bonds is 5. The maximum absolute atomic E-state index is 10.6. The van der Waals surface area contributed by atoms with Crippen LogP contribution in [0.1, 0.15) is 0 Å². The third kappa shape index (κ3) is 3.51. The van der Waals surface area contributed by atoms with Gasteiger partial charge >= 0.3 is 0 Å². The number of anilines is 1. The summed E-state index contributed by atoms with van der Waals surface area (Å²) in [6.07, 6.45) is 0. The van der Waals surface area contributed by atoms with E-state index in [2.05, 4.69) is 4.90 Å². The van der Waals surface area contributed by atoms with Crippen LogP contribution in [0.5, 0.6) is 0 Å². The van der Waals surface area contributed by atoms with E-state index in [1.165, 1.54) is 6.07 Å². The number of hydrogen-bond acceptors (Lipinski definition) is 4. The first-order valence-electron chi connectivity index (χ1n) is 5.11. The van der Waals surface area contributed by atoms with Crippen LogP contribution in [-0.4, -0.2) is 44.1 Å². The molecule has 0 amide bonds. The van der Waals surface area contributed by atoms with Crippen LogP contribution in [0.3, 0.4) is 0 Å². The Morgan fingerprint density at radius 1 is 1.25 bits per heavy atom. The second-order valence-electron chi connectivity index (χ2n) is 4.00. The van der Waals surface area contributed by atoms with Gasteiger partial charge in [-0.2, -0.15) is 0 Å². The van der Waals surface area contributed by atoms with Crippen LogP contribution in [0.15, 0.2) is 24.3 Å². The Labute approximate surface area is 95.4 Å². The fourth-order valence-electron chi connectivity index (χ4n) is 1.32. The van der Waals surface area contributed by atoms with E-state index in [9.17, 15) is 10.1 Å². The highest BCUT2D eigenvalue weighted by Crippen LogP contribution is 2.19. The molecule has 0 radical (unpaired) electrons. The number of benzene rings is 1. The van der Waals surface area contributed by atoms with Crippen LogP contribution in [0.4, 0.5) is 11.4 Å². The first kappa shape index (κ1) is 12.4. The molecule has 0 bridgehead atoms. The van der Waals surface area contributed by atoms with Crippen molar-refractivity contribution < 1.29 is 4.92 Å². The molecule has 0 aliphatic heterocycles. The fourth-order valence-corrected chi connectivity index (χ4v) is 1.32. The third-order valence-corrected chi connectivity index (χ3v) is 2.36. The van der Waals surface area contributed by atoms with Gasteiger partial charge in [0.1, 0.15) is 0 Å². The Morgan fingerprint density at radius 2 is 1.94 bits per heavy atom. The molecule has 0 aromatic heterocycles. The lowest BCUT2D eigenvalue weighted by molar-refractivity contribution is -0.384. The molecule has 0 aliphatic carbocycles. The van der Waals surface area contributed by atoms with E-state index < -0.39 is 0 Å². The van der Waals surface area contributed by atoms with Crippen molar-refractivity contribution in [2.24, 2.45) is 0 Å². The molecule has 5 nitrogen and oxygen atoms in total. The predicted octanol–water partition coefficient (Wildman–Crippen LogP) is 1.59. The molecule has 0 aliphatic rings. The summed E-state index contributed by atoms with van der Waals surface area (Å²) in [5.41, 5.74) is 1.00. The zero-order valence-corrected chi connectivity index (χ0v) is 9.88. The van der Waals surface area contributed by atoms with Crippen molar-refractivity contribution in [2.75, 3.05) is 39.1 Å². The van der Waals surface area contributed by atoms with Crippen LogP contribution in [0.25, 0.3) is 0 Å². The topological polar surface area (TPSA) is 49.6 Å². The SMILES string of the molecule is CN(C)CCN(C)c1cccc([N+](=O)[O-])c1. The number of non-ortho nitro benzene ring substituents is 1. The lowest BCUT2D eigenvalue weighted by Crippen LogP contribution is -2.28. The van der Waals surface area contributed by atoms with Crippen LogP contribution in [-0.2, 0) is 0 Å². The number of nitro groups is 1. The Morgan fingerprint density at radius 3 is 2.50 bits per heavy atom. The summed E-state index contributed by atoms with van der Waals surface area (Å²) in [6, 6.07) is 6.68. The van der Waals surface area contributed by atoms with Crippen molar-refractivity contribution in [3.63, 3.8) is 0 Å². The van der Waals surface area contributed by atoms with Gasteiger partial charge in [-0.25, -0.2) is 0 Å². The quantitative estimate of drug-likeness (QED) is 0.562. The van der Waals surface area contributed by atoms with Crippen molar-refractivity contribution in [1.82, 2.24) is 4.90 Å². The molecule has 1 rings (SSSR count). The highest BCUT2D eigenvalue weighted by Gasteiger charge is 2.08. The van der Waals surface area contributed by atoms with E-state index in [-0.39, 0.29) is 10.6 Å². The molecule has 88 valence electrons. The Hall–Kier alpha value is -1.62. The summed E-state index contributed by atoms with van der Waals surface area (Å²) < 4.78 is 0. The van der Waals surface area contributed by atoms with Gasteiger partial charge in [0.2, 0.25) is 0 Å². The number of nitrogens with zero attached hydrogens (tertiary/aromatic N) is 3. The summed E-state index contributed by atoms with van der Waals surface area (Å²) in [6.45, 7) is 1.76. The van der Waals surface area contributed by atoms with E-state index in [1.54, 1.807) is 12.1 Å². The molecule has 0 fully saturated rings. The molecule has 0 unspecified atom stereocenters. The summed E-state index contributed by atoms with van der Waals surface area (Å²) in [4.78, 5) is 14.3. The summed E-state index contributed by atoms with van der Waals surface area (Å²) in [7, 11) is 5.94. The van der Waals surface area contributed by atoms with Gasteiger partial charge in [-0.15, -0.1) is 0 Å². The maximum atomic E-state index is 10.6. The molecule has 0 saturated heterocycles. The zero-order chi connectivity index (χ0) is 12.1. The highest BCUT2D eigenvalue weighted by molar-refractivity contribution is 5.52. The van der Waals surface area contributed by atoms with Gasteiger partial charge in [-0.3, -0.25) is 10.1 Å². The normalized spacial score (nSPS) is 10.5. The lowest BCUT2D eigenvalue weighted by Gasteiger charge is -2.21. The first-order chi connectivity index (χ1) is 7.50. The van der Waals surface area contributed by atoms with Gasteiger partial charge < -0.3 is 9.80 Å². The molecule has 0 N–H and O–H groups in total. The highest BCUT2D eigenvalue weighted by atomic mass is 16.6. The minimum Gasteiger partial charge on any atom is -0.373 e. The summed E-state index contributed by atoms with van der Waals surface area (Å²) in [5, 5.41) is 10.6. The van der Waals surface area contributed by atoms with Crippen LogP contribution in [0, 0.1) is 10.1 Å². The molecule has 0 spiro atoms. The van der Waals surface area contributed by atoms with E-state index >= 15 is 0 Å². The molecule has 0 atom stereocenters. The molecular weight excluding hydrogens is 206 g/mol. The third-order valence-electron chi connectivity index (χ3n) is 2.36. The average molecular weight is 223 g/mol. The smallest absolute Gasteiger partial charge is 0.271 e. The van der Waals surface area contributed by atoms with Gasteiger partial charge in [0, 0.05) is 38.0 Å². The molecule has 16 heavy (non-hydrogen) atoms. The summed E-state index contributed by atoms with van der Waals surface area (Å²) in [5.74, 6) is 0. The van der Waals surface area contributed by atoms with Crippen molar-refractivity contribution >= 4 is 11.4 Å². The Balaban J connectivity index is 2.71. The van der Waals surface area contributed by atoms with Crippen molar-refractivity contribution in [3.8, 4) is 0 Å². The molecule has 0 heterocycles. The van der Waals surface area contributed by atoms with E-state index in [0.29, 0.717) is 0 Å². The predicted molar refractivity (Wildman–Crippen MR) is 64.9 cm³/mol. The first-order valence-corrected chi connectivity index (χ1v) is 5.11. The standard InChI is InChI=1S/C11H17N3O2/c1-12(2)7-8-13(3)10-5-4-6-11(9-10)14(15)16/h4-6,9H,7-8H2,1-3H3. The molecule has 5 heteroatoms. The van der Waals surface area contributed by atoms with Crippen LogP contribution < -0.4 is 4.90 Å². The van der Waals surface area contributed by atoms with Crippen molar-refractivity contribution in [3.05, 3.63) is 34.4 Å².